The van der Waals surface area contributed by atoms with Gasteiger partial charge in [0.15, 0.2) is 0 Å². The number of aromatic hydroxyl groups is 1. The number of hydrogen-bond donors (Lipinski definition) is 1. The average molecular weight is 961 g/mol. The number of benzene rings is 7. The molecule has 7 aromatic carbocycles. The monoisotopic (exact) mass is 961 g/mol. The number of rotatable bonds is 9. The number of phenols is 1. The molecule has 1 aliphatic rings. The first kappa shape index (κ1) is 41.1. The van der Waals surface area contributed by atoms with Crippen LogP contribution in [0.3, 0.4) is 0 Å². The van der Waals surface area contributed by atoms with Crippen molar-refractivity contribution in [2.75, 3.05) is 9.80 Å². The average Bonchev–Trinajstić information content (AvgIpc) is 3.62. The molecule has 4 nitrogen and oxygen atoms in total. The molecule has 293 valence electrons. The van der Waals surface area contributed by atoms with E-state index in [1.165, 1.54) is 50.2 Å². The normalized spacial score (nSPS) is 15.2. The molecule has 6 heteroatoms. The van der Waals surface area contributed by atoms with E-state index in [0.29, 0.717) is 0 Å². The van der Waals surface area contributed by atoms with Gasteiger partial charge in [-0.25, -0.2) is 0 Å². The number of anilines is 2. The van der Waals surface area contributed by atoms with Crippen LogP contribution < -0.4 is 14.5 Å². The molecule has 2 radical (unpaired) electrons. The fourth-order valence-corrected chi connectivity index (χ4v) is 9.94. The second kappa shape index (κ2) is 19.1. The molecule has 0 unspecified atom stereocenters. The molecule has 0 aliphatic carbocycles. The van der Waals surface area contributed by atoms with Gasteiger partial charge in [-0.2, -0.15) is 0 Å². The number of phenolic OH excluding ortho intramolecular Hbond substituents is 1. The Labute approximate surface area is 362 Å². The Morgan fingerprint density at radius 1 is 0.621 bits per heavy atom. The summed E-state index contributed by atoms with van der Waals surface area (Å²) in [4.78, 5) is 4.60. The molecule has 8 rings (SSSR count). The van der Waals surface area contributed by atoms with E-state index in [1.807, 2.05) is 30.3 Å². The van der Waals surface area contributed by atoms with Crippen LogP contribution in [0.15, 0.2) is 170 Å². The third kappa shape index (κ3) is 9.14. The van der Waals surface area contributed by atoms with Gasteiger partial charge >= 0.3 is 133 Å². The van der Waals surface area contributed by atoms with Gasteiger partial charge in [-0.15, -0.1) is 0 Å². The van der Waals surface area contributed by atoms with E-state index in [4.69, 9.17) is 4.74 Å². The zero-order chi connectivity index (χ0) is 40.6. The zero-order valence-electron chi connectivity index (χ0n) is 33.5. The Balaban J connectivity index is 0.000000226. The molecule has 1 saturated heterocycles. The molecule has 1 N–H and O–H groups in total. The first-order chi connectivity index (χ1) is 28.2. The maximum atomic E-state index is 10.8. The quantitative estimate of drug-likeness (QED) is 0.116. The van der Waals surface area contributed by atoms with Crippen molar-refractivity contribution in [1.29, 1.82) is 0 Å². The fraction of sp³-hybridized carbons (Fsp3) is 0.154. The molecule has 1 fully saturated rings. The van der Waals surface area contributed by atoms with E-state index in [1.54, 1.807) is 6.07 Å². The summed E-state index contributed by atoms with van der Waals surface area (Å²) in [6.07, 6.45) is 0.182. The van der Waals surface area contributed by atoms with Gasteiger partial charge in [-0.05, 0) is 55.2 Å². The number of aryl methyl sites for hydroxylation is 3. The topological polar surface area (TPSA) is 35.9 Å². The third-order valence-electron chi connectivity index (χ3n) is 10.2. The van der Waals surface area contributed by atoms with Crippen molar-refractivity contribution in [3.63, 3.8) is 0 Å². The molecular formula is C52H48IN2O2Ru. The van der Waals surface area contributed by atoms with Gasteiger partial charge in [0.2, 0.25) is 6.67 Å². The SMILES string of the molecule is CC(C)Oc1c([CH]=[Ru][I])cccc1-c1ccccc1.Cc1cc(C)c(N2[C]N(c3ccccc3-c3ccccc3O)[C@@H](c3ccccc3)[C@@H]2c2ccccc2)c(C)c1. The number of hydrogen-bond acceptors (Lipinski definition) is 4. The molecule has 0 spiro atoms. The van der Waals surface area contributed by atoms with Gasteiger partial charge in [0.05, 0.1) is 12.1 Å². The van der Waals surface area contributed by atoms with Crippen molar-refractivity contribution < 1.29 is 23.0 Å². The summed E-state index contributed by atoms with van der Waals surface area (Å²) in [6, 6.07) is 58.5. The van der Waals surface area contributed by atoms with Gasteiger partial charge in [-0.1, -0.05) is 115 Å². The van der Waals surface area contributed by atoms with Gasteiger partial charge in [0.1, 0.15) is 5.75 Å². The summed E-state index contributed by atoms with van der Waals surface area (Å²) in [5.41, 5.74) is 13.7. The van der Waals surface area contributed by atoms with Crippen molar-refractivity contribution in [2.24, 2.45) is 0 Å². The Kier molecular flexibility index (Phi) is 13.6. The van der Waals surface area contributed by atoms with Crippen molar-refractivity contribution >= 4 is 35.7 Å². The van der Waals surface area contributed by atoms with Crippen LogP contribution in [0.4, 0.5) is 11.4 Å². The number of nitrogens with zero attached hydrogens (tertiary/aromatic N) is 2. The molecule has 0 amide bonds. The van der Waals surface area contributed by atoms with E-state index in [-0.39, 0.29) is 37.1 Å². The summed E-state index contributed by atoms with van der Waals surface area (Å²) >= 11 is 2.68. The minimum atomic E-state index is -0.0549. The van der Waals surface area contributed by atoms with E-state index in [0.717, 1.165) is 22.6 Å². The first-order valence-corrected chi connectivity index (χ1v) is 25.7. The van der Waals surface area contributed by atoms with E-state index in [9.17, 15) is 5.11 Å². The van der Waals surface area contributed by atoms with Crippen LogP contribution in [0, 0.1) is 27.4 Å². The molecule has 2 atom stereocenters. The van der Waals surface area contributed by atoms with E-state index < -0.39 is 0 Å². The summed E-state index contributed by atoms with van der Waals surface area (Å²) in [6.45, 7) is 14.5. The van der Waals surface area contributed by atoms with Crippen molar-refractivity contribution in [2.45, 2.75) is 52.8 Å². The van der Waals surface area contributed by atoms with Crippen molar-refractivity contribution in [1.82, 2.24) is 0 Å². The van der Waals surface area contributed by atoms with Crippen LogP contribution in [0.5, 0.6) is 11.5 Å². The second-order valence-corrected chi connectivity index (χ2v) is 18.3. The van der Waals surface area contributed by atoms with Crippen LogP contribution in [0.2, 0.25) is 0 Å². The number of para-hydroxylation sites is 3. The third-order valence-corrected chi connectivity index (χ3v) is 12.3. The molecule has 58 heavy (non-hydrogen) atoms. The van der Waals surface area contributed by atoms with Gasteiger partial charge < -0.3 is 14.9 Å². The minimum Gasteiger partial charge on any atom is -0.507 e. The number of ether oxygens (including phenoxy) is 1. The van der Waals surface area contributed by atoms with Crippen molar-refractivity contribution in [3.8, 4) is 33.8 Å². The van der Waals surface area contributed by atoms with Crippen LogP contribution >= 0.6 is 19.8 Å². The molecular weight excluding hydrogens is 913 g/mol. The Bertz CT molecular complexity index is 2450. The van der Waals surface area contributed by atoms with Crippen LogP contribution in [-0.2, 0) is 13.2 Å². The van der Waals surface area contributed by atoms with E-state index >= 15 is 0 Å². The zero-order valence-corrected chi connectivity index (χ0v) is 37.4. The van der Waals surface area contributed by atoms with E-state index in [2.05, 4.69) is 209 Å². The summed E-state index contributed by atoms with van der Waals surface area (Å²) in [7, 11) is 0. The predicted octanol–water partition coefficient (Wildman–Crippen LogP) is 13.5. The number of halogens is 1. The maximum absolute atomic E-state index is 10.8. The van der Waals surface area contributed by atoms with Gasteiger partial charge in [0.25, 0.3) is 0 Å². The van der Waals surface area contributed by atoms with Crippen LogP contribution in [0.25, 0.3) is 22.3 Å². The summed E-state index contributed by atoms with van der Waals surface area (Å²) < 4.78 is 8.35. The molecule has 7 aromatic rings. The van der Waals surface area contributed by atoms with Gasteiger partial charge in [-0.3, -0.25) is 0 Å². The summed E-state index contributed by atoms with van der Waals surface area (Å²) in [5.74, 6) is 1.27. The predicted molar refractivity (Wildman–Crippen MR) is 248 cm³/mol. The molecule has 1 heterocycles. The Morgan fingerprint density at radius 2 is 1.14 bits per heavy atom. The van der Waals surface area contributed by atoms with Crippen LogP contribution in [-0.4, -0.2) is 15.8 Å². The standard InChI is InChI=1S/C36H32N2O.C16H16O.HI.Ru/c1-25-22-26(2)34(27(3)23-25)38-24-37(32-20-12-10-18-30(32)31-19-11-13-21-33(31)39)35(28-14-6-4-7-15-28)36(38)29-16-8-5-9-17-29;1-12(2)17-16-13(3)8-7-11-15(16)14-9-5-4-6-10-14;;/h4-23,35-36,39H,1-3H3;3-12H,1-2H3;1H;/q;;;+1/p-1/t35-,36-;;;/m0.../s1. The summed E-state index contributed by atoms with van der Waals surface area (Å²) in [5, 5.41) is 10.8. The molecule has 0 bridgehead atoms. The molecule has 0 saturated carbocycles. The van der Waals surface area contributed by atoms with Gasteiger partial charge in [0, 0.05) is 22.5 Å². The first-order valence-electron chi connectivity index (χ1n) is 19.6. The van der Waals surface area contributed by atoms with Crippen LogP contribution in [0.1, 0.15) is 59.3 Å². The fourth-order valence-electron chi connectivity index (χ4n) is 7.93. The molecule has 1 aliphatic heterocycles. The maximum Gasteiger partial charge on any atom is 0.210 e. The second-order valence-electron chi connectivity index (χ2n) is 14.8. The Hall–Kier alpha value is -5.04. The minimum absolute atomic E-state index is 0.0221. The largest absolute Gasteiger partial charge is 0.507 e. The smallest absolute Gasteiger partial charge is 0.210 e. The Morgan fingerprint density at radius 3 is 1.72 bits per heavy atom. The van der Waals surface area contributed by atoms with Crippen molar-refractivity contribution in [3.05, 3.63) is 210 Å². The molecule has 0 aromatic heterocycles.